The first kappa shape index (κ1) is 6.42. The van der Waals surface area contributed by atoms with Crippen LogP contribution >= 0.6 is 0 Å². The zero-order chi connectivity index (χ0) is 7.68. The zero-order valence-corrected chi connectivity index (χ0v) is 5.83. The highest BCUT2D eigenvalue weighted by atomic mass is 16.3. The number of hydrogen-bond donors (Lipinski definition) is 2. The van der Waals surface area contributed by atoms with Gasteiger partial charge in [-0.05, 0) is 6.07 Å². The summed E-state index contributed by atoms with van der Waals surface area (Å²) in [5.74, 6) is 0.0243. The molecule has 0 aromatic carbocycles. The highest BCUT2D eigenvalue weighted by Crippen LogP contribution is 2.12. The molecule has 0 saturated carbocycles. The maximum Gasteiger partial charge on any atom is 0.235 e. The first-order chi connectivity index (χ1) is 5.36. The molecular weight excluding hydrogens is 144 g/mol. The smallest absolute Gasteiger partial charge is 0.235 e. The van der Waals surface area contributed by atoms with Crippen LogP contribution < -0.4 is 10.6 Å². The van der Waals surface area contributed by atoms with Crippen LogP contribution in [0.1, 0.15) is 11.7 Å². The van der Waals surface area contributed by atoms with Crippen LogP contribution in [0.3, 0.4) is 0 Å². The van der Waals surface area contributed by atoms with Crippen molar-refractivity contribution in [2.75, 3.05) is 6.54 Å². The fourth-order valence-electron chi connectivity index (χ4n) is 1.10. The Bertz CT molecular complexity index is 255. The minimum atomic E-state index is -0.0683. The molecule has 1 aliphatic heterocycles. The summed E-state index contributed by atoms with van der Waals surface area (Å²) in [6.07, 6.45) is 3.13. The molecule has 1 aliphatic rings. The Balaban J connectivity index is 2.13. The number of amides is 1. The molecule has 2 rings (SSSR count). The number of furan rings is 1. The summed E-state index contributed by atoms with van der Waals surface area (Å²) in [4.78, 5) is 10.7. The van der Waals surface area contributed by atoms with Gasteiger partial charge in [-0.15, -0.1) is 0 Å². The molecule has 0 bridgehead atoms. The third-order valence-corrected chi connectivity index (χ3v) is 1.65. The maximum absolute atomic E-state index is 10.7. The second-order valence-corrected chi connectivity index (χ2v) is 2.44. The van der Waals surface area contributed by atoms with Gasteiger partial charge in [-0.3, -0.25) is 10.1 Å². The summed E-state index contributed by atoms with van der Waals surface area (Å²) in [5.41, 5.74) is 0.954. The number of hydrogen-bond acceptors (Lipinski definition) is 3. The van der Waals surface area contributed by atoms with Crippen molar-refractivity contribution in [2.45, 2.75) is 6.17 Å². The van der Waals surface area contributed by atoms with Crippen LogP contribution in [0.2, 0.25) is 0 Å². The third kappa shape index (κ3) is 1.12. The van der Waals surface area contributed by atoms with Gasteiger partial charge in [0.25, 0.3) is 0 Å². The van der Waals surface area contributed by atoms with Gasteiger partial charge in [0, 0.05) is 5.56 Å². The van der Waals surface area contributed by atoms with Crippen molar-refractivity contribution in [3.8, 4) is 0 Å². The fraction of sp³-hybridized carbons (Fsp3) is 0.286. The lowest BCUT2D eigenvalue weighted by Gasteiger charge is -2.05. The van der Waals surface area contributed by atoms with E-state index in [4.69, 9.17) is 4.42 Å². The molecule has 1 aromatic heterocycles. The quantitative estimate of drug-likeness (QED) is 0.595. The number of nitrogens with one attached hydrogen (secondary N) is 2. The summed E-state index contributed by atoms with van der Waals surface area (Å²) < 4.78 is 4.87. The van der Waals surface area contributed by atoms with Gasteiger partial charge < -0.3 is 9.73 Å². The van der Waals surface area contributed by atoms with E-state index in [1.54, 1.807) is 12.5 Å². The van der Waals surface area contributed by atoms with Crippen LogP contribution in [0.4, 0.5) is 0 Å². The van der Waals surface area contributed by atoms with E-state index >= 15 is 0 Å². The van der Waals surface area contributed by atoms with E-state index in [1.807, 2.05) is 6.07 Å². The lowest BCUT2D eigenvalue weighted by atomic mass is 10.3. The molecule has 58 valence electrons. The van der Waals surface area contributed by atoms with Gasteiger partial charge in [0.1, 0.15) is 6.17 Å². The van der Waals surface area contributed by atoms with Crippen LogP contribution in [-0.4, -0.2) is 12.5 Å². The predicted molar refractivity (Wildman–Crippen MR) is 37.6 cm³/mol. The first-order valence-corrected chi connectivity index (χ1v) is 3.41. The van der Waals surface area contributed by atoms with E-state index in [1.165, 1.54) is 0 Å². The fourth-order valence-corrected chi connectivity index (χ4v) is 1.10. The van der Waals surface area contributed by atoms with Gasteiger partial charge in [-0.2, -0.15) is 0 Å². The average Bonchev–Trinajstić information content (AvgIpc) is 2.55. The minimum absolute atomic E-state index is 0.0243. The second kappa shape index (κ2) is 2.39. The topological polar surface area (TPSA) is 54.3 Å². The summed E-state index contributed by atoms with van der Waals surface area (Å²) in [6.45, 7) is 0.385. The molecule has 1 saturated heterocycles. The van der Waals surface area contributed by atoms with Crippen molar-refractivity contribution >= 4 is 5.91 Å². The van der Waals surface area contributed by atoms with Crippen molar-refractivity contribution in [3.63, 3.8) is 0 Å². The molecule has 2 N–H and O–H groups in total. The van der Waals surface area contributed by atoms with Gasteiger partial charge >= 0.3 is 0 Å². The zero-order valence-electron chi connectivity index (χ0n) is 5.83. The number of carbonyl (C=O) groups excluding carboxylic acids is 1. The van der Waals surface area contributed by atoms with Crippen LogP contribution in [0.5, 0.6) is 0 Å². The molecule has 1 unspecified atom stereocenters. The number of carbonyl (C=O) groups is 1. The van der Waals surface area contributed by atoms with Gasteiger partial charge in [0.15, 0.2) is 0 Å². The molecule has 0 spiro atoms. The summed E-state index contributed by atoms with van der Waals surface area (Å²) in [6, 6.07) is 1.82. The molecule has 1 amide bonds. The Morgan fingerprint density at radius 2 is 2.55 bits per heavy atom. The summed E-state index contributed by atoms with van der Waals surface area (Å²) in [5, 5.41) is 5.73. The van der Waals surface area contributed by atoms with Crippen molar-refractivity contribution in [1.82, 2.24) is 10.6 Å². The first-order valence-electron chi connectivity index (χ1n) is 3.41. The summed E-state index contributed by atoms with van der Waals surface area (Å²) in [7, 11) is 0. The van der Waals surface area contributed by atoms with Crippen LogP contribution in [0.15, 0.2) is 23.0 Å². The molecule has 4 nitrogen and oxygen atoms in total. The van der Waals surface area contributed by atoms with Gasteiger partial charge in [-0.1, -0.05) is 0 Å². The molecule has 2 heterocycles. The van der Waals surface area contributed by atoms with Gasteiger partial charge in [-0.25, -0.2) is 0 Å². The molecule has 1 atom stereocenters. The Morgan fingerprint density at radius 3 is 3.09 bits per heavy atom. The van der Waals surface area contributed by atoms with E-state index in [0.29, 0.717) is 6.54 Å². The normalized spacial score (nSPS) is 23.6. The molecular formula is C7H8N2O2. The lowest BCUT2D eigenvalue weighted by molar-refractivity contribution is -0.118. The highest BCUT2D eigenvalue weighted by molar-refractivity contribution is 5.80. The monoisotopic (exact) mass is 152 g/mol. The molecule has 1 aromatic rings. The predicted octanol–water partition coefficient (Wildman–Crippen LogP) is -0.00240. The average molecular weight is 152 g/mol. The van der Waals surface area contributed by atoms with Crippen molar-refractivity contribution < 1.29 is 9.21 Å². The molecule has 0 aliphatic carbocycles. The minimum Gasteiger partial charge on any atom is -0.472 e. The van der Waals surface area contributed by atoms with Crippen molar-refractivity contribution in [2.24, 2.45) is 0 Å². The standard InChI is InChI=1S/C7H8N2O2/c10-6-3-8-7(9-6)5-1-2-11-4-5/h1-2,4,7-8H,3H2,(H,9,10). The van der Waals surface area contributed by atoms with E-state index in [-0.39, 0.29) is 12.1 Å². The lowest BCUT2D eigenvalue weighted by Crippen LogP contribution is -2.21. The molecule has 1 fully saturated rings. The van der Waals surface area contributed by atoms with E-state index in [9.17, 15) is 4.79 Å². The second-order valence-electron chi connectivity index (χ2n) is 2.44. The Hall–Kier alpha value is -1.29. The molecule has 4 heteroatoms. The van der Waals surface area contributed by atoms with Crippen molar-refractivity contribution in [3.05, 3.63) is 24.2 Å². The van der Waals surface area contributed by atoms with E-state index in [2.05, 4.69) is 10.6 Å². The highest BCUT2D eigenvalue weighted by Gasteiger charge is 2.21. The van der Waals surface area contributed by atoms with Gasteiger partial charge in [0.05, 0.1) is 19.1 Å². The maximum atomic E-state index is 10.7. The Kier molecular flexibility index (Phi) is 1.40. The Labute approximate surface area is 63.6 Å². The third-order valence-electron chi connectivity index (χ3n) is 1.65. The SMILES string of the molecule is O=C1CNC(c2ccoc2)N1. The van der Waals surface area contributed by atoms with Crippen LogP contribution in [0.25, 0.3) is 0 Å². The largest absolute Gasteiger partial charge is 0.472 e. The van der Waals surface area contributed by atoms with Crippen LogP contribution in [-0.2, 0) is 4.79 Å². The molecule has 0 radical (unpaired) electrons. The van der Waals surface area contributed by atoms with E-state index < -0.39 is 0 Å². The summed E-state index contributed by atoms with van der Waals surface area (Å²) >= 11 is 0. The number of rotatable bonds is 1. The van der Waals surface area contributed by atoms with Crippen LogP contribution in [0, 0.1) is 0 Å². The van der Waals surface area contributed by atoms with Crippen molar-refractivity contribution in [1.29, 1.82) is 0 Å². The molecule has 11 heavy (non-hydrogen) atoms. The Morgan fingerprint density at radius 1 is 1.64 bits per heavy atom. The van der Waals surface area contributed by atoms with E-state index in [0.717, 1.165) is 5.56 Å². The van der Waals surface area contributed by atoms with Gasteiger partial charge in [0.2, 0.25) is 5.91 Å².